The number of rotatable bonds is 7. The van der Waals surface area contributed by atoms with Crippen LogP contribution >= 0.6 is 0 Å². The Kier molecular flexibility index (Phi) is 4.00. The summed E-state index contributed by atoms with van der Waals surface area (Å²) < 4.78 is 10.7. The Bertz CT molecular complexity index is 186. The molecule has 1 atom stereocenters. The average molecular weight is 213 g/mol. The van der Waals surface area contributed by atoms with Crippen LogP contribution in [0.15, 0.2) is 0 Å². The lowest BCUT2D eigenvalue weighted by Crippen LogP contribution is -2.29. The van der Waals surface area contributed by atoms with Gasteiger partial charge in [-0.3, -0.25) is 0 Å². The normalized spacial score (nSPS) is 28.2. The van der Waals surface area contributed by atoms with E-state index >= 15 is 0 Å². The highest BCUT2D eigenvalue weighted by atomic mass is 16.5. The first-order valence-electron chi connectivity index (χ1n) is 6.16. The van der Waals surface area contributed by atoms with Crippen molar-refractivity contribution in [2.45, 2.75) is 38.2 Å². The maximum atomic E-state index is 5.70. The summed E-state index contributed by atoms with van der Waals surface area (Å²) in [5, 5.41) is 3.48. The van der Waals surface area contributed by atoms with Crippen LogP contribution in [0.1, 0.15) is 32.1 Å². The van der Waals surface area contributed by atoms with Crippen LogP contribution in [-0.2, 0) is 9.47 Å². The monoisotopic (exact) mass is 213 g/mol. The predicted molar refractivity (Wildman–Crippen MR) is 60.0 cm³/mol. The van der Waals surface area contributed by atoms with Gasteiger partial charge in [0.1, 0.15) is 0 Å². The van der Waals surface area contributed by atoms with E-state index in [0.29, 0.717) is 11.5 Å². The minimum atomic E-state index is 0.553. The van der Waals surface area contributed by atoms with Gasteiger partial charge in [-0.25, -0.2) is 0 Å². The van der Waals surface area contributed by atoms with E-state index in [9.17, 15) is 0 Å². The van der Waals surface area contributed by atoms with Crippen LogP contribution < -0.4 is 5.32 Å². The van der Waals surface area contributed by atoms with Crippen LogP contribution in [-0.4, -0.2) is 39.5 Å². The zero-order chi connectivity index (χ0) is 10.6. The fraction of sp³-hybridized carbons (Fsp3) is 1.00. The smallest absolute Gasteiger partial charge is 0.0587 e. The summed E-state index contributed by atoms with van der Waals surface area (Å²) in [7, 11) is 1.75. The fourth-order valence-electron chi connectivity index (χ4n) is 2.45. The summed E-state index contributed by atoms with van der Waals surface area (Å²) in [6.45, 7) is 3.92. The van der Waals surface area contributed by atoms with Gasteiger partial charge in [0.05, 0.1) is 12.7 Å². The van der Waals surface area contributed by atoms with Crippen molar-refractivity contribution in [2.24, 2.45) is 5.41 Å². The fourth-order valence-corrected chi connectivity index (χ4v) is 2.45. The molecule has 0 amide bonds. The lowest BCUT2D eigenvalue weighted by atomic mass is 9.97. The molecule has 2 rings (SSSR count). The van der Waals surface area contributed by atoms with Crippen LogP contribution in [0.25, 0.3) is 0 Å². The van der Waals surface area contributed by atoms with Crippen LogP contribution in [0.2, 0.25) is 0 Å². The Morgan fingerprint density at radius 3 is 2.93 bits per heavy atom. The third kappa shape index (κ3) is 3.44. The summed E-state index contributed by atoms with van der Waals surface area (Å²) >= 11 is 0. The van der Waals surface area contributed by atoms with Crippen molar-refractivity contribution in [1.29, 1.82) is 0 Å². The molecule has 15 heavy (non-hydrogen) atoms. The molecule has 88 valence electrons. The van der Waals surface area contributed by atoms with Crippen molar-refractivity contribution in [2.75, 3.05) is 33.4 Å². The highest BCUT2D eigenvalue weighted by Crippen LogP contribution is 2.50. The Balaban J connectivity index is 1.62. The number of hydrogen-bond acceptors (Lipinski definition) is 3. The Labute approximate surface area is 92.5 Å². The predicted octanol–water partition coefficient (Wildman–Crippen LogP) is 1.57. The second kappa shape index (κ2) is 5.28. The van der Waals surface area contributed by atoms with Gasteiger partial charge >= 0.3 is 0 Å². The van der Waals surface area contributed by atoms with Crippen molar-refractivity contribution in [3.05, 3.63) is 0 Å². The van der Waals surface area contributed by atoms with Crippen molar-refractivity contribution in [3.8, 4) is 0 Å². The van der Waals surface area contributed by atoms with E-state index in [4.69, 9.17) is 9.47 Å². The second-order valence-electron chi connectivity index (χ2n) is 5.01. The summed E-state index contributed by atoms with van der Waals surface area (Å²) in [6, 6.07) is 0. The molecule has 3 nitrogen and oxygen atoms in total. The third-order valence-corrected chi connectivity index (χ3v) is 3.62. The zero-order valence-corrected chi connectivity index (χ0v) is 9.76. The van der Waals surface area contributed by atoms with Crippen molar-refractivity contribution < 1.29 is 9.47 Å². The van der Waals surface area contributed by atoms with E-state index < -0.39 is 0 Å². The topological polar surface area (TPSA) is 30.5 Å². The van der Waals surface area contributed by atoms with Gasteiger partial charge in [-0.2, -0.15) is 0 Å². The van der Waals surface area contributed by atoms with E-state index in [1.807, 2.05) is 0 Å². The minimum absolute atomic E-state index is 0.553. The van der Waals surface area contributed by atoms with Crippen LogP contribution in [0.3, 0.4) is 0 Å². The molecule has 1 saturated carbocycles. The van der Waals surface area contributed by atoms with Gasteiger partial charge in [-0.1, -0.05) is 0 Å². The van der Waals surface area contributed by atoms with E-state index in [0.717, 1.165) is 26.3 Å². The average Bonchev–Trinajstić information content (AvgIpc) is 2.79. The maximum absolute atomic E-state index is 5.70. The highest BCUT2D eigenvalue weighted by Gasteiger charge is 2.44. The Hall–Kier alpha value is -0.120. The summed E-state index contributed by atoms with van der Waals surface area (Å²) in [5.74, 6) is 0. The lowest BCUT2D eigenvalue weighted by molar-refractivity contribution is 0.0847. The zero-order valence-electron chi connectivity index (χ0n) is 9.76. The van der Waals surface area contributed by atoms with Crippen LogP contribution in [0, 0.1) is 5.41 Å². The molecule has 2 aliphatic rings. The molecule has 1 saturated heterocycles. The highest BCUT2D eigenvalue weighted by molar-refractivity contribution is 4.97. The molecule has 0 radical (unpaired) electrons. The minimum Gasteiger partial charge on any atom is -0.383 e. The van der Waals surface area contributed by atoms with Crippen molar-refractivity contribution in [1.82, 2.24) is 5.32 Å². The first-order valence-corrected chi connectivity index (χ1v) is 6.16. The van der Waals surface area contributed by atoms with Crippen molar-refractivity contribution in [3.63, 3.8) is 0 Å². The molecular weight excluding hydrogens is 190 g/mol. The Morgan fingerprint density at radius 1 is 1.47 bits per heavy atom. The van der Waals surface area contributed by atoms with Gasteiger partial charge < -0.3 is 14.8 Å². The molecule has 0 bridgehead atoms. The molecule has 0 aromatic rings. The van der Waals surface area contributed by atoms with Gasteiger partial charge in [0, 0.05) is 26.8 Å². The standard InChI is InChI=1S/C12H23NO2/c1-14-8-6-13-10-12(4-5-12)9-11-3-2-7-15-11/h11,13H,2-10H2,1H3. The molecule has 0 spiro atoms. The van der Waals surface area contributed by atoms with E-state index in [1.54, 1.807) is 7.11 Å². The molecule has 3 heteroatoms. The van der Waals surface area contributed by atoms with Gasteiger partial charge in [0.2, 0.25) is 0 Å². The molecule has 1 N–H and O–H groups in total. The molecular formula is C12H23NO2. The molecule has 0 aromatic carbocycles. The first-order chi connectivity index (χ1) is 7.35. The molecule has 2 fully saturated rings. The first kappa shape index (κ1) is 11.4. The largest absolute Gasteiger partial charge is 0.383 e. The second-order valence-corrected chi connectivity index (χ2v) is 5.01. The van der Waals surface area contributed by atoms with Crippen LogP contribution in [0.5, 0.6) is 0 Å². The molecule has 1 heterocycles. The SMILES string of the molecule is COCCNCC1(CC2CCCO2)CC1. The summed E-state index contributed by atoms with van der Waals surface area (Å²) in [6.07, 6.45) is 7.13. The van der Waals surface area contributed by atoms with Gasteiger partial charge in [0.25, 0.3) is 0 Å². The van der Waals surface area contributed by atoms with E-state index in [2.05, 4.69) is 5.32 Å². The lowest BCUT2D eigenvalue weighted by Gasteiger charge is -2.19. The molecule has 1 unspecified atom stereocenters. The number of nitrogens with one attached hydrogen (secondary N) is 1. The number of methoxy groups -OCH3 is 1. The molecule has 1 aliphatic heterocycles. The number of hydrogen-bond donors (Lipinski definition) is 1. The third-order valence-electron chi connectivity index (χ3n) is 3.62. The molecule has 0 aromatic heterocycles. The molecule has 1 aliphatic carbocycles. The van der Waals surface area contributed by atoms with Crippen LogP contribution in [0.4, 0.5) is 0 Å². The summed E-state index contributed by atoms with van der Waals surface area (Å²) in [5.41, 5.74) is 0.572. The Morgan fingerprint density at radius 2 is 2.33 bits per heavy atom. The van der Waals surface area contributed by atoms with Crippen molar-refractivity contribution >= 4 is 0 Å². The van der Waals surface area contributed by atoms with E-state index in [1.165, 1.54) is 32.1 Å². The van der Waals surface area contributed by atoms with Gasteiger partial charge in [-0.05, 0) is 37.5 Å². The quantitative estimate of drug-likeness (QED) is 0.651. The maximum Gasteiger partial charge on any atom is 0.0587 e. The number of ether oxygens (including phenoxy) is 2. The summed E-state index contributed by atoms with van der Waals surface area (Å²) in [4.78, 5) is 0. The van der Waals surface area contributed by atoms with Gasteiger partial charge in [-0.15, -0.1) is 0 Å². The van der Waals surface area contributed by atoms with Gasteiger partial charge in [0.15, 0.2) is 0 Å². The van der Waals surface area contributed by atoms with E-state index in [-0.39, 0.29) is 0 Å².